The molecule has 4 N–H and O–H groups in total. The molecule has 1 aromatic carbocycles. The van der Waals surface area contributed by atoms with Crippen molar-refractivity contribution in [2.24, 2.45) is 5.73 Å². The quantitative estimate of drug-likeness (QED) is 0.443. The number of morpholine rings is 1. The fourth-order valence-corrected chi connectivity index (χ4v) is 4.22. The van der Waals surface area contributed by atoms with Crippen molar-refractivity contribution in [3.8, 4) is 0 Å². The summed E-state index contributed by atoms with van der Waals surface area (Å²) in [6.07, 6.45) is 1.82. The van der Waals surface area contributed by atoms with E-state index >= 15 is 0 Å². The van der Waals surface area contributed by atoms with Crippen LogP contribution in [0.1, 0.15) is 27.3 Å². The van der Waals surface area contributed by atoms with Crippen molar-refractivity contribution >= 4 is 35.1 Å². The second-order valence-corrected chi connectivity index (χ2v) is 8.37. The number of aromatic nitrogens is 3. The Kier molecular flexibility index (Phi) is 7.03. The van der Waals surface area contributed by atoms with Crippen LogP contribution >= 0.6 is 0 Å². The summed E-state index contributed by atoms with van der Waals surface area (Å²) in [5, 5.41) is 14.2. The Hall–Kier alpha value is -3.90. The molecule has 12 heteroatoms. The summed E-state index contributed by atoms with van der Waals surface area (Å²) in [7, 11) is 1.70. The average Bonchev–Trinajstić information content (AvgIpc) is 3.39. The number of carbonyl (C=O) groups excluding carboxylic acids is 3. The molecule has 35 heavy (non-hydrogen) atoms. The third-order valence-corrected chi connectivity index (χ3v) is 6.32. The van der Waals surface area contributed by atoms with Crippen LogP contribution in [0.15, 0.2) is 36.9 Å². The van der Waals surface area contributed by atoms with Gasteiger partial charge in [0.1, 0.15) is 5.54 Å². The molecule has 0 aliphatic carbocycles. The molecule has 2 aliphatic heterocycles. The van der Waals surface area contributed by atoms with Crippen LogP contribution in [0.25, 0.3) is 0 Å². The van der Waals surface area contributed by atoms with Crippen molar-refractivity contribution in [2.45, 2.75) is 12.0 Å². The summed E-state index contributed by atoms with van der Waals surface area (Å²) in [5.41, 5.74) is 5.53. The molecule has 12 nitrogen and oxygen atoms in total. The van der Waals surface area contributed by atoms with Gasteiger partial charge in [-0.2, -0.15) is 4.98 Å². The lowest BCUT2D eigenvalue weighted by Gasteiger charge is -2.35. The van der Waals surface area contributed by atoms with Crippen LogP contribution in [0.2, 0.25) is 0 Å². The van der Waals surface area contributed by atoms with Gasteiger partial charge in [0.05, 0.1) is 13.2 Å². The summed E-state index contributed by atoms with van der Waals surface area (Å²) in [5.74, 6) is -0.806. The van der Waals surface area contributed by atoms with Crippen LogP contribution in [0.3, 0.4) is 0 Å². The van der Waals surface area contributed by atoms with Crippen molar-refractivity contribution in [3.05, 3.63) is 48.2 Å². The molecule has 2 aliphatic rings. The molecule has 2 saturated heterocycles. The van der Waals surface area contributed by atoms with Gasteiger partial charge in [-0.15, -0.1) is 10.2 Å². The van der Waals surface area contributed by atoms with E-state index in [0.29, 0.717) is 57.1 Å². The molecule has 4 rings (SSSR count). The van der Waals surface area contributed by atoms with Gasteiger partial charge in [-0.3, -0.25) is 14.4 Å². The lowest BCUT2D eigenvalue weighted by molar-refractivity contribution is -0.118. The van der Waals surface area contributed by atoms with Gasteiger partial charge in [0.15, 0.2) is 17.3 Å². The largest absolute Gasteiger partial charge is 0.378 e. The number of carbonyl (C=O) groups is 3. The highest BCUT2D eigenvalue weighted by molar-refractivity contribution is 6.00. The highest BCUT2D eigenvalue weighted by Gasteiger charge is 2.44. The topological polar surface area (TPSA) is 156 Å². The Labute approximate surface area is 202 Å². The first kappa shape index (κ1) is 24.2. The van der Waals surface area contributed by atoms with Gasteiger partial charge in [-0.25, -0.2) is 0 Å². The van der Waals surface area contributed by atoms with Crippen molar-refractivity contribution in [1.82, 2.24) is 25.4 Å². The molecule has 2 aromatic rings. The van der Waals surface area contributed by atoms with Crippen molar-refractivity contribution in [3.63, 3.8) is 0 Å². The molecular weight excluding hydrogens is 452 g/mol. The Morgan fingerprint density at radius 3 is 2.54 bits per heavy atom. The zero-order valence-corrected chi connectivity index (χ0v) is 19.5. The molecule has 0 spiro atoms. The summed E-state index contributed by atoms with van der Waals surface area (Å²) in [4.78, 5) is 45.2. The van der Waals surface area contributed by atoms with E-state index in [2.05, 4.69) is 32.4 Å². The number of benzene rings is 1. The smallest absolute Gasteiger partial charge is 0.273 e. The Morgan fingerprint density at radius 1 is 1.23 bits per heavy atom. The van der Waals surface area contributed by atoms with Crippen LogP contribution in [-0.2, 0) is 9.53 Å². The number of amides is 2. The molecule has 0 saturated carbocycles. The standard InChI is InChI=1S/C23H28N8O4/c1-3-17(32)23(8-9-25-14-23)30(2)22-27-20(18(19(24)33)28-29-22)26-16-6-4-15(5-7-16)21(34)31-10-12-35-13-11-31/h3-7,25H,1,8-14H2,2H3,(H2,24,33)(H,26,27,29)/t23-/m1/s1. The number of hydrogen-bond acceptors (Lipinski definition) is 10. The maximum atomic E-state index is 12.7. The van der Waals surface area contributed by atoms with Gasteiger partial charge in [0.25, 0.3) is 11.8 Å². The average molecular weight is 481 g/mol. The predicted molar refractivity (Wildman–Crippen MR) is 129 cm³/mol. The minimum atomic E-state index is -0.906. The summed E-state index contributed by atoms with van der Waals surface area (Å²) < 4.78 is 5.30. The minimum Gasteiger partial charge on any atom is -0.378 e. The highest BCUT2D eigenvalue weighted by atomic mass is 16.5. The molecule has 0 bridgehead atoms. The Balaban J connectivity index is 1.59. The van der Waals surface area contributed by atoms with E-state index in [1.54, 1.807) is 41.1 Å². The second kappa shape index (κ2) is 10.2. The summed E-state index contributed by atoms with van der Waals surface area (Å²) in [6, 6.07) is 6.78. The number of nitrogens with two attached hydrogens (primary N) is 1. The zero-order chi connectivity index (χ0) is 25.0. The Bertz CT molecular complexity index is 1120. The van der Waals surface area contributed by atoms with Crippen molar-refractivity contribution in [1.29, 1.82) is 0 Å². The minimum absolute atomic E-state index is 0.0763. The van der Waals surface area contributed by atoms with E-state index in [1.165, 1.54) is 6.08 Å². The third kappa shape index (κ3) is 4.84. The fraction of sp³-hybridized carbons (Fsp3) is 0.391. The number of nitrogens with zero attached hydrogens (tertiary/aromatic N) is 5. The van der Waals surface area contributed by atoms with Crippen LogP contribution in [0.5, 0.6) is 0 Å². The highest BCUT2D eigenvalue weighted by Crippen LogP contribution is 2.28. The first-order valence-corrected chi connectivity index (χ1v) is 11.3. The molecule has 1 aromatic heterocycles. The molecule has 184 valence electrons. The van der Waals surface area contributed by atoms with Gasteiger partial charge in [0, 0.05) is 37.9 Å². The molecular formula is C23H28N8O4. The lowest BCUT2D eigenvalue weighted by Crippen LogP contribution is -2.55. The van der Waals surface area contributed by atoms with Gasteiger partial charge in [-0.05, 0) is 43.3 Å². The van der Waals surface area contributed by atoms with E-state index in [4.69, 9.17) is 10.5 Å². The number of hydrogen-bond donors (Lipinski definition) is 3. The maximum Gasteiger partial charge on any atom is 0.273 e. The number of primary amides is 1. The molecule has 1 atom stereocenters. The SMILES string of the molecule is C=CC(=O)[C@@]1(N(C)c2nnc(C(N)=O)c(Nc3ccc(C(=O)N4CCOCC4)cc3)n2)CCNC1. The van der Waals surface area contributed by atoms with E-state index in [9.17, 15) is 14.4 Å². The molecule has 0 radical (unpaired) electrons. The van der Waals surface area contributed by atoms with E-state index in [-0.39, 0.29) is 29.2 Å². The second-order valence-electron chi connectivity index (χ2n) is 8.37. The number of anilines is 3. The van der Waals surface area contributed by atoms with E-state index in [0.717, 1.165) is 0 Å². The summed E-state index contributed by atoms with van der Waals surface area (Å²) in [6.45, 7) is 6.81. The number of nitrogens with one attached hydrogen (secondary N) is 2. The van der Waals surface area contributed by atoms with Gasteiger partial charge < -0.3 is 30.9 Å². The first-order chi connectivity index (χ1) is 16.9. The van der Waals surface area contributed by atoms with Crippen LogP contribution < -0.4 is 21.3 Å². The maximum absolute atomic E-state index is 12.7. The number of ether oxygens (including phenoxy) is 1. The van der Waals surface area contributed by atoms with Gasteiger partial charge in [-0.1, -0.05) is 6.58 Å². The lowest BCUT2D eigenvalue weighted by atomic mass is 9.91. The van der Waals surface area contributed by atoms with Gasteiger partial charge in [0.2, 0.25) is 5.95 Å². The van der Waals surface area contributed by atoms with Crippen LogP contribution in [-0.4, -0.2) is 89.7 Å². The number of rotatable bonds is 8. The third-order valence-electron chi connectivity index (χ3n) is 6.32. The number of likely N-dealkylation sites (N-methyl/N-ethyl adjacent to an activating group) is 1. The number of ketones is 1. The van der Waals surface area contributed by atoms with Crippen LogP contribution in [0, 0.1) is 0 Å². The van der Waals surface area contributed by atoms with E-state index in [1.807, 2.05) is 0 Å². The van der Waals surface area contributed by atoms with Crippen LogP contribution in [0.4, 0.5) is 17.5 Å². The molecule has 2 amide bonds. The molecule has 0 unspecified atom stereocenters. The summed E-state index contributed by atoms with van der Waals surface area (Å²) >= 11 is 0. The first-order valence-electron chi connectivity index (χ1n) is 11.3. The van der Waals surface area contributed by atoms with Crippen molar-refractivity contribution in [2.75, 3.05) is 56.7 Å². The fourth-order valence-electron chi connectivity index (χ4n) is 4.22. The monoisotopic (exact) mass is 480 g/mol. The van der Waals surface area contributed by atoms with Gasteiger partial charge >= 0.3 is 0 Å². The molecule has 2 fully saturated rings. The molecule has 3 heterocycles. The van der Waals surface area contributed by atoms with Crippen molar-refractivity contribution < 1.29 is 19.1 Å². The Morgan fingerprint density at radius 2 is 1.94 bits per heavy atom. The van der Waals surface area contributed by atoms with E-state index < -0.39 is 11.4 Å². The normalized spacial score (nSPS) is 19.7. The zero-order valence-electron chi connectivity index (χ0n) is 19.5. The predicted octanol–water partition coefficient (Wildman–Crippen LogP) is 0.110.